The van der Waals surface area contributed by atoms with Crippen LogP contribution >= 0.6 is 45.2 Å². The Bertz CT molecular complexity index is 613. The SMILES string of the molecule is O=Cc1ccc(-c2c(I)cc([N+](=O)[O-])cc2I)o1. The number of carbonyl (C=O) groups is 1. The topological polar surface area (TPSA) is 73.3 Å². The van der Waals surface area contributed by atoms with Crippen LogP contribution in [-0.2, 0) is 0 Å². The van der Waals surface area contributed by atoms with Gasteiger partial charge in [-0.2, -0.15) is 0 Å². The summed E-state index contributed by atoms with van der Waals surface area (Å²) in [7, 11) is 0. The van der Waals surface area contributed by atoms with Gasteiger partial charge in [-0.15, -0.1) is 0 Å². The first-order valence-electron chi connectivity index (χ1n) is 4.71. The van der Waals surface area contributed by atoms with Gasteiger partial charge in [-0.05, 0) is 57.3 Å². The molecule has 18 heavy (non-hydrogen) atoms. The molecule has 1 aromatic carbocycles. The molecule has 0 atom stereocenters. The number of hydrogen-bond donors (Lipinski definition) is 0. The third-order valence-corrected chi connectivity index (χ3v) is 3.93. The van der Waals surface area contributed by atoms with Gasteiger partial charge >= 0.3 is 0 Å². The van der Waals surface area contributed by atoms with Crippen molar-refractivity contribution in [3.8, 4) is 11.3 Å². The summed E-state index contributed by atoms with van der Waals surface area (Å²) in [6, 6.07) is 6.19. The molecule has 0 saturated heterocycles. The number of non-ortho nitro benzene ring substituents is 1. The molecule has 1 aromatic heterocycles. The lowest BCUT2D eigenvalue weighted by atomic mass is 10.1. The van der Waals surface area contributed by atoms with Crippen LogP contribution in [0.25, 0.3) is 11.3 Å². The van der Waals surface area contributed by atoms with E-state index in [4.69, 9.17) is 4.42 Å². The third-order valence-electron chi connectivity index (χ3n) is 2.23. The maximum Gasteiger partial charge on any atom is 0.271 e. The molecule has 0 fully saturated rings. The van der Waals surface area contributed by atoms with Crippen LogP contribution in [0, 0.1) is 17.3 Å². The maximum absolute atomic E-state index is 10.7. The van der Waals surface area contributed by atoms with E-state index in [1.54, 1.807) is 12.1 Å². The lowest BCUT2D eigenvalue weighted by Crippen LogP contribution is -1.93. The van der Waals surface area contributed by atoms with Gasteiger partial charge < -0.3 is 4.42 Å². The van der Waals surface area contributed by atoms with Crippen molar-refractivity contribution in [1.29, 1.82) is 0 Å². The predicted octanol–water partition coefficient (Wildman–Crippen LogP) is 3.88. The van der Waals surface area contributed by atoms with E-state index in [0.717, 1.165) is 5.56 Å². The standard InChI is InChI=1S/C11H5I2NO4/c12-8-3-6(14(16)17)4-9(13)11(8)10-2-1-7(5-15)18-10/h1-5H. The second kappa shape index (κ2) is 5.34. The molecular formula is C11H5I2NO4. The Hall–Kier alpha value is -0.970. The lowest BCUT2D eigenvalue weighted by molar-refractivity contribution is -0.385. The van der Waals surface area contributed by atoms with Crippen LogP contribution in [0.3, 0.4) is 0 Å². The Balaban J connectivity index is 2.57. The van der Waals surface area contributed by atoms with Crippen molar-refractivity contribution in [3.05, 3.63) is 47.3 Å². The average molecular weight is 469 g/mol. The van der Waals surface area contributed by atoms with Crippen molar-refractivity contribution in [3.63, 3.8) is 0 Å². The molecule has 2 aromatic rings. The van der Waals surface area contributed by atoms with Crippen LogP contribution in [0.1, 0.15) is 10.6 Å². The summed E-state index contributed by atoms with van der Waals surface area (Å²) in [5.41, 5.74) is 0.796. The molecule has 0 aliphatic heterocycles. The van der Waals surface area contributed by atoms with Gasteiger partial charge in [-0.3, -0.25) is 14.9 Å². The summed E-state index contributed by atoms with van der Waals surface area (Å²) in [6.45, 7) is 0. The number of benzene rings is 1. The number of nitro groups is 1. The average Bonchev–Trinajstić information content (AvgIpc) is 2.76. The number of rotatable bonds is 3. The normalized spacial score (nSPS) is 10.3. The molecule has 0 unspecified atom stereocenters. The van der Waals surface area contributed by atoms with Crippen LogP contribution in [0.4, 0.5) is 5.69 Å². The molecule has 0 amide bonds. The van der Waals surface area contributed by atoms with Gasteiger partial charge in [0.15, 0.2) is 12.0 Å². The Labute approximate surface area is 129 Å². The second-order valence-electron chi connectivity index (χ2n) is 3.36. The van der Waals surface area contributed by atoms with Crippen LogP contribution in [0.2, 0.25) is 0 Å². The molecule has 2 rings (SSSR count). The Morgan fingerprint density at radius 2 is 1.83 bits per heavy atom. The van der Waals surface area contributed by atoms with Crippen molar-refractivity contribution in [1.82, 2.24) is 0 Å². The van der Waals surface area contributed by atoms with E-state index in [2.05, 4.69) is 0 Å². The first kappa shape index (κ1) is 13.5. The molecule has 0 N–H and O–H groups in total. The highest BCUT2D eigenvalue weighted by Crippen LogP contribution is 2.34. The molecular weight excluding hydrogens is 464 g/mol. The Morgan fingerprint density at radius 1 is 1.22 bits per heavy atom. The van der Waals surface area contributed by atoms with Crippen molar-refractivity contribution in [2.45, 2.75) is 0 Å². The molecule has 0 spiro atoms. The van der Waals surface area contributed by atoms with E-state index in [1.807, 2.05) is 45.2 Å². The zero-order valence-electron chi connectivity index (χ0n) is 8.72. The quantitative estimate of drug-likeness (QED) is 0.296. The monoisotopic (exact) mass is 469 g/mol. The largest absolute Gasteiger partial charge is 0.453 e. The number of aldehydes is 1. The summed E-state index contributed by atoms with van der Waals surface area (Å²) in [5.74, 6) is 0.760. The van der Waals surface area contributed by atoms with Gasteiger partial charge in [0.1, 0.15) is 5.76 Å². The highest BCUT2D eigenvalue weighted by molar-refractivity contribution is 14.1. The third kappa shape index (κ3) is 2.55. The fraction of sp³-hybridized carbons (Fsp3) is 0. The predicted molar refractivity (Wildman–Crippen MR) is 81.6 cm³/mol. The summed E-state index contributed by atoms with van der Waals surface area (Å²) in [4.78, 5) is 20.9. The summed E-state index contributed by atoms with van der Waals surface area (Å²) in [6.07, 6.45) is 0.620. The van der Waals surface area contributed by atoms with E-state index in [9.17, 15) is 14.9 Å². The Kier molecular flexibility index (Phi) is 4.00. The van der Waals surface area contributed by atoms with E-state index in [0.29, 0.717) is 19.2 Å². The van der Waals surface area contributed by atoms with Crippen LogP contribution in [0.15, 0.2) is 28.7 Å². The first-order valence-corrected chi connectivity index (χ1v) is 6.87. The molecule has 7 heteroatoms. The molecule has 0 aliphatic rings. The van der Waals surface area contributed by atoms with E-state index >= 15 is 0 Å². The lowest BCUT2D eigenvalue weighted by Gasteiger charge is -2.04. The summed E-state index contributed by atoms with van der Waals surface area (Å²) < 4.78 is 6.75. The number of carbonyl (C=O) groups excluding carboxylic acids is 1. The van der Waals surface area contributed by atoms with E-state index in [1.165, 1.54) is 12.1 Å². The fourth-order valence-corrected chi connectivity index (χ4v) is 3.72. The molecule has 0 aliphatic carbocycles. The minimum Gasteiger partial charge on any atom is -0.453 e. The van der Waals surface area contributed by atoms with Gasteiger partial charge in [0, 0.05) is 24.8 Å². The summed E-state index contributed by atoms with van der Waals surface area (Å²) in [5, 5.41) is 10.7. The highest BCUT2D eigenvalue weighted by Gasteiger charge is 2.17. The van der Waals surface area contributed by atoms with E-state index in [-0.39, 0.29) is 11.4 Å². The second-order valence-corrected chi connectivity index (χ2v) is 5.69. The highest BCUT2D eigenvalue weighted by atomic mass is 127. The molecule has 5 nitrogen and oxygen atoms in total. The summed E-state index contributed by atoms with van der Waals surface area (Å²) >= 11 is 4.02. The maximum atomic E-state index is 10.7. The van der Waals surface area contributed by atoms with Crippen molar-refractivity contribution in [2.75, 3.05) is 0 Å². The van der Waals surface area contributed by atoms with Gasteiger partial charge in [-0.25, -0.2) is 0 Å². The minimum absolute atomic E-state index is 0.0368. The smallest absolute Gasteiger partial charge is 0.271 e. The van der Waals surface area contributed by atoms with Crippen molar-refractivity contribution >= 4 is 57.2 Å². The zero-order chi connectivity index (χ0) is 13.3. The van der Waals surface area contributed by atoms with Crippen molar-refractivity contribution in [2.24, 2.45) is 0 Å². The van der Waals surface area contributed by atoms with Crippen LogP contribution < -0.4 is 0 Å². The van der Waals surface area contributed by atoms with Crippen molar-refractivity contribution < 1.29 is 14.1 Å². The molecule has 1 heterocycles. The number of nitrogens with zero attached hydrogens (tertiary/aromatic N) is 1. The van der Waals surface area contributed by atoms with Crippen LogP contribution in [0.5, 0.6) is 0 Å². The number of nitro benzene ring substituents is 1. The minimum atomic E-state index is -0.437. The Morgan fingerprint density at radius 3 is 2.28 bits per heavy atom. The molecule has 0 saturated carbocycles. The van der Waals surface area contributed by atoms with E-state index < -0.39 is 4.92 Å². The fourth-order valence-electron chi connectivity index (χ4n) is 1.45. The number of hydrogen-bond acceptors (Lipinski definition) is 4. The first-order chi connectivity index (χ1) is 8.52. The van der Waals surface area contributed by atoms with Gasteiger partial charge in [-0.1, -0.05) is 0 Å². The molecule has 0 bridgehead atoms. The van der Waals surface area contributed by atoms with Crippen LogP contribution in [-0.4, -0.2) is 11.2 Å². The molecule has 92 valence electrons. The van der Waals surface area contributed by atoms with Gasteiger partial charge in [0.05, 0.1) is 4.92 Å². The zero-order valence-corrected chi connectivity index (χ0v) is 13.0. The van der Waals surface area contributed by atoms with Gasteiger partial charge in [0.2, 0.25) is 0 Å². The molecule has 0 radical (unpaired) electrons. The number of furan rings is 1. The number of halogens is 2. The van der Waals surface area contributed by atoms with Gasteiger partial charge in [0.25, 0.3) is 5.69 Å².